The summed E-state index contributed by atoms with van der Waals surface area (Å²) in [4.78, 5) is 6.87. The van der Waals surface area contributed by atoms with Crippen molar-refractivity contribution >= 4 is 11.7 Å². The minimum Gasteiger partial charge on any atom is -0.396 e. The van der Waals surface area contributed by atoms with E-state index in [4.69, 9.17) is 11.1 Å². The van der Waals surface area contributed by atoms with Crippen LogP contribution in [0.4, 0.5) is 5.82 Å². The van der Waals surface area contributed by atoms with Crippen molar-refractivity contribution in [3.63, 3.8) is 0 Å². The number of hydrogen-bond donors (Lipinski definition) is 3. The maximum absolute atomic E-state index is 9.26. The number of nitrogen functional groups attached to an aromatic ring is 1. The molecule has 1 aliphatic rings. The predicted octanol–water partition coefficient (Wildman–Crippen LogP) is 1.72. The van der Waals surface area contributed by atoms with E-state index in [-0.39, 0.29) is 12.4 Å². The number of nitrogens with one attached hydrogen (secondary N) is 1. The highest BCUT2D eigenvalue weighted by atomic mass is 16.3. The van der Waals surface area contributed by atoms with Gasteiger partial charge in [-0.3, -0.25) is 5.41 Å². The quantitative estimate of drug-likeness (QED) is 0.577. The summed E-state index contributed by atoms with van der Waals surface area (Å²) in [6, 6.07) is 2.26. The van der Waals surface area contributed by atoms with Gasteiger partial charge in [-0.2, -0.15) is 0 Å². The van der Waals surface area contributed by atoms with Gasteiger partial charge in [0.2, 0.25) is 0 Å². The van der Waals surface area contributed by atoms with Crippen LogP contribution in [0.2, 0.25) is 0 Å². The summed E-state index contributed by atoms with van der Waals surface area (Å²) in [6.07, 6.45) is 4.11. The number of amidine groups is 1. The molecular formula is C15H24N4O. The molecule has 0 aliphatic carbocycles. The van der Waals surface area contributed by atoms with Gasteiger partial charge in [-0.25, -0.2) is 4.98 Å². The maximum Gasteiger partial charge on any atom is 0.140 e. The third kappa shape index (κ3) is 2.93. The molecule has 0 saturated carbocycles. The van der Waals surface area contributed by atoms with E-state index in [0.717, 1.165) is 48.4 Å². The lowest BCUT2D eigenvalue weighted by Gasteiger charge is -2.38. The first-order chi connectivity index (χ1) is 9.54. The lowest BCUT2D eigenvalue weighted by atomic mass is 9.98. The van der Waals surface area contributed by atoms with Crippen LogP contribution in [0, 0.1) is 19.3 Å². The van der Waals surface area contributed by atoms with E-state index in [9.17, 15) is 5.11 Å². The van der Waals surface area contributed by atoms with Crippen molar-refractivity contribution in [3.05, 3.63) is 22.9 Å². The molecule has 2 rings (SSSR count). The number of aliphatic hydroxyl groups excluding tert-OH is 1. The van der Waals surface area contributed by atoms with Gasteiger partial charge < -0.3 is 15.7 Å². The molecule has 1 unspecified atom stereocenters. The van der Waals surface area contributed by atoms with Crippen LogP contribution in [-0.2, 0) is 0 Å². The number of nitrogens with two attached hydrogens (primary N) is 1. The summed E-state index contributed by atoms with van der Waals surface area (Å²) in [5, 5.41) is 17.1. The second-order valence-corrected chi connectivity index (χ2v) is 5.55. The molecule has 1 aromatic heterocycles. The van der Waals surface area contributed by atoms with Crippen LogP contribution in [0.5, 0.6) is 0 Å². The fourth-order valence-electron chi connectivity index (χ4n) is 3.09. The molecule has 1 saturated heterocycles. The van der Waals surface area contributed by atoms with Gasteiger partial charge in [-0.15, -0.1) is 0 Å². The lowest BCUT2D eigenvalue weighted by molar-refractivity contribution is 0.262. The first kappa shape index (κ1) is 14.8. The number of aliphatic hydroxyl groups is 1. The number of piperidine rings is 1. The van der Waals surface area contributed by atoms with Crippen LogP contribution in [0.3, 0.4) is 0 Å². The van der Waals surface area contributed by atoms with E-state index >= 15 is 0 Å². The van der Waals surface area contributed by atoms with Crippen molar-refractivity contribution in [1.29, 1.82) is 5.41 Å². The van der Waals surface area contributed by atoms with Crippen LogP contribution in [0.15, 0.2) is 6.07 Å². The molecule has 0 aromatic carbocycles. The smallest absolute Gasteiger partial charge is 0.140 e. The van der Waals surface area contributed by atoms with E-state index < -0.39 is 0 Å². The molecule has 4 N–H and O–H groups in total. The Labute approximate surface area is 120 Å². The van der Waals surface area contributed by atoms with E-state index in [0.29, 0.717) is 6.04 Å². The van der Waals surface area contributed by atoms with Crippen LogP contribution < -0.4 is 10.6 Å². The fraction of sp³-hybridized carbons (Fsp3) is 0.600. The Hall–Kier alpha value is -1.62. The number of nitrogens with zero attached hydrogens (tertiary/aromatic N) is 2. The van der Waals surface area contributed by atoms with Gasteiger partial charge in [-0.05, 0) is 51.2 Å². The number of aryl methyl sites for hydroxylation is 2. The van der Waals surface area contributed by atoms with E-state index in [1.54, 1.807) is 0 Å². The zero-order valence-electron chi connectivity index (χ0n) is 12.3. The van der Waals surface area contributed by atoms with Crippen molar-refractivity contribution < 1.29 is 5.11 Å². The molecular weight excluding hydrogens is 252 g/mol. The monoisotopic (exact) mass is 276 g/mol. The molecule has 1 atom stereocenters. The van der Waals surface area contributed by atoms with E-state index in [2.05, 4.69) is 9.88 Å². The average Bonchev–Trinajstić information content (AvgIpc) is 2.38. The first-order valence-electron chi connectivity index (χ1n) is 7.24. The van der Waals surface area contributed by atoms with Crippen LogP contribution in [0.1, 0.15) is 42.5 Å². The molecule has 1 aromatic rings. The zero-order valence-corrected chi connectivity index (χ0v) is 12.3. The second kappa shape index (κ2) is 6.22. The molecule has 2 heterocycles. The van der Waals surface area contributed by atoms with E-state index in [1.165, 1.54) is 6.42 Å². The Kier molecular flexibility index (Phi) is 4.60. The maximum atomic E-state index is 9.26. The van der Waals surface area contributed by atoms with Crippen molar-refractivity contribution in [2.45, 2.75) is 45.6 Å². The Morgan fingerprint density at radius 3 is 2.90 bits per heavy atom. The molecule has 0 spiro atoms. The lowest BCUT2D eigenvalue weighted by Crippen LogP contribution is -2.42. The standard InChI is InChI=1S/C15H24N4O/c1-10-9-11(2)18-15(13(10)14(16)17)19-7-4-3-5-12(19)6-8-20/h9,12,20H,3-8H2,1-2H3,(H3,16,17). The number of aromatic nitrogens is 1. The summed E-state index contributed by atoms with van der Waals surface area (Å²) in [5.41, 5.74) is 8.43. The first-order valence-corrected chi connectivity index (χ1v) is 7.24. The highest BCUT2D eigenvalue weighted by Gasteiger charge is 2.26. The number of rotatable bonds is 4. The Bertz CT molecular complexity index is 499. The normalized spacial score (nSPS) is 19.1. The molecule has 110 valence electrons. The third-order valence-corrected chi connectivity index (χ3v) is 3.96. The van der Waals surface area contributed by atoms with Crippen LogP contribution >= 0.6 is 0 Å². The van der Waals surface area contributed by atoms with E-state index in [1.807, 2.05) is 19.9 Å². The largest absolute Gasteiger partial charge is 0.396 e. The Morgan fingerprint density at radius 2 is 2.25 bits per heavy atom. The van der Waals surface area contributed by atoms with Gasteiger partial charge in [0.1, 0.15) is 11.7 Å². The van der Waals surface area contributed by atoms with Gasteiger partial charge in [-0.1, -0.05) is 0 Å². The fourth-order valence-corrected chi connectivity index (χ4v) is 3.09. The molecule has 1 fully saturated rings. The van der Waals surface area contributed by atoms with Crippen molar-refractivity contribution in [3.8, 4) is 0 Å². The van der Waals surface area contributed by atoms with Crippen molar-refractivity contribution in [2.75, 3.05) is 18.1 Å². The zero-order chi connectivity index (χ0) is 14.7. The summed E-state index contributed by atoms with van der Waals surface area (Å²) >= 11 is 0. The highest BCUT2D eigenvalue weighted by Crippen LogP contribution is 2.29. The van der Waals surface area contributed by atoms with Crippen molar-refractivity contribution in [1.82, 2.24) is 4.98 Å². The molecule has 5 heteroatoms. The van der Waals surface area contributed by atoms with Gasteiger partial charge in [0, 0.05) is 24.9 Å². The molecule has 20 heavy (non-hydrogen) atoms. The number of pyridine rings is 1. The SMILES string of the molecule is Cc1cc(C)c(C(=N)N)c(N2CCCCC2CCO)n1. The second-order valence-electron chi connectivity index (χ2n) is 5.55. The molecule has 0 radical (unpaired) electrons. The Morgan fingerprint density at radius 1 is 1.50 bits per heavy atom. The van der Waals surface area contributed by atoms with Crippen LogP contribution in [0.25, 0.3) is 0 Å². The van der Waals surface area contributed by atoms with Crippen LogP contribution in [-0.4, -0.2) is 35.1 Å². The van der Waals surface area contributed by atoms with Gasteiger partial charge in [0.25, 0.3) is 0 Å². The molecule has 0 bridgehead atoms. The highest BCUT2D eigenvalue weighted by molar-refractivity contribution is 6.01. The average molecular weight is 276 g/mol. The topological polar surface area (TPSA) is 86.2 Å². The van der Waals surface area contributed by atoms with Gasteiger partial charge in [0.15, 0.2) is 0 Å². The predicted molar refractivity (Wildman–Crippen MR) is 81.4 cm³/mol. The van der Waals surface area contributed by atoms with Gasteiger partial charge in [0.05, 0.1) is 5.56 Å². The summed E-state index contributed by atoms with van der Waals surface area (Å²) in [6.45, 7) is 5.04. The Balaban J connectivity index is 2.46. The van der Waals surface area contributed by atoms with Crippen molar-refractivity contribution in [2.24, 2.45) is 5.73 Å². The minimum atomic E-state index is 0.0679. The third-order valence-electron chi connectivity index (χ3n) is 3.96. The minimum absolute atomic E-state index is 0.0679. The molecule has 1 aliphatic heterocycles. The summed E-state index contributed by atoms with van der Waals surface area (Å²) in [7, 11) is 0. The summed E-state index contributed by atoms with van der Waals surface area (Å²) < 4.78 is 0. The number of hydrogen-bond acceptors (Lipinski definition) is 4. The molecule has 5 nitrogen and oxygen atoms in total. The summed E-state index contributed by atoms with van der Waals surface area (Å²) in [5.74, 6) is 0.881. The van der Waals surface area contributed by atoms with Gasteiger partial charge >= 0.3 is 0 Å². The molecule has 0 amide bonds. The number of anilines is 1.